The Balaban J connectivity index is 2.05. The fourth-order valence-corrected chi connectivity index (χ4v) is 2.26. The third-order valence-corrected chi connectivity index (χ3v) is 3.53. The molecule has 4 heteroatoms. The van der Waals surface area contributed by atoms with E-state index < -0.39 is 5.97 Å². The topological polar surface area (TPSA) is 43.8 Å². The number of carboxylic acids is 1. The Kier molecular flexibility index (Phi) is 3.99. The molecule has 0 bridgehead atoms. The molecule has 1 N–H and O–H groups in total. The predicted octanol–water partition coefficient (Wildman–Crippen LogP) is 1.44. The largest absolute Gasteiger partial charge is 0.478 e. The van der Waals surface area contributed by atoms with Crippen LogP contribution in [0.3, 0.4) is 0 Å². The minimum atomic E-state index is -0.840. The van der Waals surface area contributed by atoms with Crippen molar-refractivity contribution in [3.05, 3.63) is 34.9 Å². The molecule has 1 aliphatic rings. The summed E-state index contributed by atoms with van der Waals surface area (Å²) in [6, 6.07) is 5.73. The van der Waals surface area contributed by atoms with E-state index in [1.54, 1.807) is 6.07 Å². The molecular weight excluding hydrogens is 228 g/mol. The lowest BCUT2D eigenvalue weighted by molar-refractivity contribution is 0.0696. The summed E-state index contributed by atoms with van der Waals surface area (Å²) in [5, 5.41) is 9.11. The standard InChI is InChI=1S/C14H20N2O2/c1-11-3-4-12(9-13(11)14(17)18)10-16-7-5-15(2)6-8-16/h3-4,9H,5-8,10H2,1-2H3,(H,17,18). The molecule has 0 atom stereocenters. The van der Waals surface area contributed by atoms with Crippen molar-refractivity contribution in [1.29, 1.82) is 0 Å². The Bertz CT molecular complexity index is 437. The van der Waals surface area contributed by atoms with Crippen LogP contribution in [0.2, 0.25) is 0 Å². The average molecular weight is 248 g/mol. The van der Waals surface area contributed by atoms with Gasteiger partial charge in [-0.25, -0.2) is 4.79 Å². The number of rotatable bonds is 3. The number of hydrogen-bond donors (Lipinski definition) is 1. The Labute approximate surface area is 108 Å². The number of aryl methyl sites for hydroxylation is 1. The second-order valence-corrected chi connectivity index (χ2v) is 5.03. The van der Waals surface area contributed by atoms with E-state index in [1.165, 1.54) is 0 Å². The third-order valence-electron chi connectivity index (χ3n) is 3.53. The van der Waals surface area contributed by atoms with Gasteiger partial charge >= 0.3 is 5.97 Å². The van der Waals surface area contributed by atoms with Crippen molar-refractivity contribution in [2.24, 2.45) is 0 Å². The molecule has 0 amide bonds. The first-order chi connectivity index (χ1) is 8.56. The van der Waals surface area contributed by atoms with Crippen LogP contribution in [-0.4, -0.2) is 54.1 Å². The number of carboxylic acid groups (broad SMARTS) is 1. The fourth-order valence-electron chi connectivity index (χ4n) is 2.26. The summed E-state index contributed by atoms with van der Waals surface area (Å²) in [6.07, 6.45) is 0. The molecule has 1 aromatic carbocycles. The van der Waals surface area contributed by atoms with Crippen LogP contribution in [0.5, 0.6) is 0 Å². The van der Waals surface area contributed by atoms with Crippen LogP contribution in [-0.2, 0) is 6.54 Å². The number of nitrogens with zero attached hydrogens (tertiary/aromatic N) is 2. The van der Waals surface area contributed by atoms with Crippen LogP contribution < -0.4 is 0 Å². The first kappa shape index (κ1) is 13.1. The van der Waals surface area contributed by atoms with E-state index >= 15 is 0 Å². The van der Waals surface area contributed by atoms with E-state index in [2.05, 4.69) is 16.8 Å². The van der Waals surface area contributed by atoms with Crippen LogP contribution in [0.15, 0.2) is 18.2 Å². The van der Waals surface area contributed by atoms with Gasteiger partial charge in [-0.3, -0.25) is 4.90 Å². The van der Waals surface area contributed by atoms with Crippen LogP contribution in [0.25, 0.3) is 0 Å². The van der Waals surface area contributed by atoms with Gasteiger partial charge in [0.25, 0.3) is 0 Å². The van der Waals surface area contributed by atoms with E-state index in [4.69, 9.17) is 5.11 Å². The van der Waals surface area contributed by atoms with Crippen LogP contribution in [0.1, 0.15) is 21.5 Å². The summed E-state index contributed by atoms with van der Waals surface area (Å²) in [7, 11) is 2.13. The van der Waals surface area contributed by atoms with Crippen LogP contribution in [0.4, 0.5) is 0 Å². The summed E-state index contributed by atoms with van der Waals surface area (Å²) in [6.45, 7) is 6.94. The Morgan fingerprint density at radius 2 is 1.94 bits per heavy atom. The number of likely N-dealkylation sites (N-methyl/N-ethyl adjacent to an activating group) is 1. The molecule has 1 heterocycles. The monoisotopic (exact) mass is 248 g/mol. The molecule has 0 aromatic heterocycles. The Hall–Kier alpha value is -1.39. The molecule has 0 saturated carbocycles. The average Bonchev–Trinajstić information content (AvgIpc) is 2.34. The molecule has 0 radical (unpaired) electrons. The van der Waals surface area contributed by atoms with Crippen molar-refractivity contribution in [3.63, 3.8) is 0 Å². The summed E-state index contributed by atoms with van der Waals surface area (Å²) in [4.78, 5) is 15.8. The maximum absolute atomic E-state index is 11.1. The van der Waals surface area contributed by atoms with Crippen molar-refractivity contribution in [3.8, 4) is 0 Å². The van der Waals surface area contributed by atoms with Crippen molar-refractivity contribution < 1.29 is 9.90 Å². The lowest BCUT2D eigenvalue weighted by Crippen LogP contribution is -2.43. The molecule has 0 aliphatic carbocycles. The maximum Gasteiger partial charge on any atom is 0.335 e. The molecule has 0 spiro atoms. The van der Waals surface area contributed by atoms with E-state index in [0.29, 0.717) is 5.56 Å². The minimum absolute atomic E-state index is 0.418. The van der Waals surface area contributed by atoms with Gasteiger partial charge in [0.1, 0.15) is 0 Å². The third kappa shape index (κ3) is 3.09. The summed E-state index contributed by atoms with van der Waals surface area (Å²) >= 11 is 0. The molecule has 2 rings (SSSR count). The zero-order chi connectivity index (χ0) is 13.1. The fraction of sp³-hybridized carbons (Fsp3) is 0.500. The smallest absolute Gasteiger partial charge is 0.335 e. The Morgan fingerprint density at radius 3 is 2.56 bits per heavy atom. The highest BCUT2D eigenvalue weighted by Gasteiger charge is 2.15. The molecular formula is C14H20N2O2. The van der Waals surface area contributed by atoms with Gasteiger partial charge in [-0.2, -0.15) is 0 Å². The van der Waals surface area contributed by atoms with Crippen molar-refractivity contribution in [1.82, 2.24) is 9.80 Å². The normalized spacial score (nSPS) is 17.9. The van der Waals surface area contributed by atoms with E-state index in [1.807, 2.05) is 19.1 Å². The van der Waals surface area contributed by atoms with Gasteiger partial charge in [-0.1, -0.05) is 12.1 Å². The highest BCUT2D eigenvalue weighted by molar-refractivity contribution is 5.89. The van der Waals surface area contributed by atoms with Crippen molar-refractivity contribution in [2.75, 3.05) is 33.2 Å². The highest BCUT2D eigenvalue weighted by atomic mass is 16.4. The Morgan fingerprint density at radius 1 is 1.28 bits per heavy atom. The summed E-state index contributed by atoms with van der Waals surface area (Å²) in [5.74, 6) is -0.840. The number of hydrogen-bond acceptors (Lipinski definition) is 3. The highest BCUT2D eigenvalue weighted by Crippen LogP contribution is 2.14. The quantitative estimate of drug-likeness (QED) is 0.879. The van der Waals surface area contributed by atoms with Crippen molar-refractivity contribution >= 4 is 5.97 Å². The summed E-state index contributed by atoms with van der Waals surface area (Å²) in [5.41, 5.74) is 2.33. The zero-order valence-corrected chi connectivity index (χ0v) is 11.0. The molecule has 1 aromatic rings. The van der Waals surface area contributed by atoms with Gasteiger partial charge in [0.2, 0.25) is 0 Å². The van der Waals surface area contributed by atoms with Gasteiger partial charge in [-0.15, -0.1) is 0 Å². The lowest BCUT2D eigenvalue weighted by Gasteiger charge is -2.32. The van der Waals surface area contributed by atoms with E-state index in [0.717, 1.165) is 43.9 Å². The number of benzene rings is 1. The van der Waals surface area contributed by atoms with E-state index in [-0.39, 0.29) is 0 Å². The predicted molar refractivity (Wildman–Crippen MR) is 70.9 cm³/mol. The van der Waals surface area contributed by atoms with Gasteiger partial charge in [0.05, 0.1) is 5.56 Å². The van der Waals surface area contributed by atoms with Gasteiger partial charge in [0, 0.05) is 32.7 Å². The van der Waals surface area contributed by atoms with Gasteiger partial charge in [-0.05, 0) is 31.2 Å². The number of carbonyl (C=O) groups is 1. The molecule has 4 nitrogen and oxygen atoms in total. The maximum atomic E-state index is 11.1. The summed E-state index contributed by atoms with van der Waals surface area (Å²) < 4.78 is 0. The van der Waals surface area contributed by atoms with Gasteiger partial charge < -0.3 is 10.0 Å². The first-order valence-corrected chi connectivity index (χ1v) is 6.30. The second-order valence-electron chi connectivity index (χ2n) is 5.03. The van der Waals surface area contributed by atoms with Gasteiger partial charge in [0.15, 0.2) is 0 Å². The molecule has 18 heavy (non-hydrogen) atoms. The molecule has 98 valence electrons. The number of aromatic carboxylic acids is 1. The second kappa shape index (κ2) is 5.50. The molecule has 1 aliphatic heterocycles. The zero-order valence-electron chi connectivity index (χ0n) is 11.0. The number of piperazine rings is 1. The van der Waals surface area contributed by atoms with Crippen LogP contribution >= 0.6 is 0 Å². The first-order valence-electron chi connectivity index (χ1n) is 6.30. The van der Waals surface area contributed by atoms with Crippen molar-refractivity contribution in [2.45, 2.75) is 13.5 Å². The SMILES string of the molecule is Cc1ccc(CN2CCN(C)CC2)cc1C(=O)O. The van der Waals surface area contributed by atoms with E-state index in [9.17, 15) is 4.79 Å². The molecule has 1 fully saturated rings. The molecule has 1 saturated heterocycles. The van der Waals surface area contributed by atoms with Crippen LogP contribution in [0, 0.1) is 6.92 Å². The lowest BCUT2D eigenvalue weighted by atomic mass is 10.0. The minimum Gasteiger partial charge on any atom is -0.478 e. The molecule has 0 unspecified atom stereocenters.